The standard InChI is InChI=1S/C26H23N3O5/c30-21-10-6-19(7-11-21)27-25(32)17-3-1-16(2-4-17)14-29(20-8-9-20)26(33)18-5-12-22-23(13-18)34-15-24(31)28-22/h1-7,10-13,20,30H,8-9,14-15H2,(H,27,32)(H,28,31). The number of benzene rings is 3. The molecule has 3 N–H and O–H groups in total. The number of ether oxygens (including phenoxy) is 1. The molecule has 34 heavy (non-hydrogen) atoms. The highest BCUT2D eigenvalue weighted by Crippen LogP contribution is 2.33. The van der Waals surface area contributed by atoms with E-state index < -0.39 is 0 Å². The lowest BCUT2D eigenvalue weighted by atomic mass is 10.1. The van der Waals surface area contributed by atoms with Crippen LogP contribution in [0.1, 0.15) is 39.1 Å². The van der Waals surface area contributed by atoms with Crippen molar-refractivity contribution >= 4 is 29.1 Å². The van der Waals surface area contributed by atoms with Crippen LogP contribution in [0.25, 0.3) is 0 Å². The second-order valence-corrected chi connectivity index (χ2v) is 8.41. The van der Waals surface area contributed by atoms with Gasteiger partial charge >= 0.3 is 0 Å². The van der Waals surface area contributed by atoms with Gasteiger partial charge in [0.1, 0.15) is 11.5 Å². The first-order valence-corrected chi connectivity index (χ1v) is 11.0. The number of rotatable bonds is 6. The number of fused-ring (bicyclic) bond motifs is 1. The molecule has 172 valence electrons. The number of phenols is 1. The molecule has 1 fully saturated rings. The molecule has 3 amide bonds. The van der Waals surface area contributed by atoms with E-state index in [0.29, 0.717) is 34.8 Å². The zero-order valence-electron chi connectivity index (χ0n) is 18.3. The van der Waals surface area contributed by atoms with Crippen LogP contribution in [0.2, 0.25) is 0 Å². The Morgan fingerprint density at radius 1 is 1.00 bits per heavy atom. The van der Waals surface area contributed by atoms with Crippen molar-refractivity contribution in [2.45, 2.75) is 25.4 Å². The zero-order valence-corrected chi connectivity index (χ0v) is 18.3. The minimum absolute atomic E-state index is 0.0658. The van der Waals surface area contributed by atoms with Crippen LogP contribution < -0.4 is 15.4 Å². The molecule has 1 aliphatic carbocycles. The second kappa shape index (κ2) is 8.90. The lowest BCUT2D eigenvalue weighted by molar-refractivity contribution is -0.118. The van der Waals surface area contributed by atoms with Crippen LogP contribution in [0.5, 0.6) is 11.5 Å². The summed E-state index contributed by atoms with van der Waals surface area (Å²) in [5.41, 5.74) is 3.07. The molecule has 8 nitrogen and oxygen atoms in total. The van der Waals surface area contributed by atoms with Gasteiger partial charge in [0.05, 0.1) is 5.69 Å². The Morgan fingerprint density at radius 3 is 2.41 bits per heavy atom. The first-order chi connectivity index (χ1) is 16.5. The van der Waals surface area contributed by atoms with Crippen molar-refractivity contribution in [3.63, 3.8) is 0 Å². The Balaban J connectivity index is 1.27. The van der Waals surface area contributed by atoms with E-state index in [1.807, 2.05) is 17.0 Å². The second-order valence-electron chi connectivity index (χ2n) is 8.41. The van der Waals surface area contributed by atoms with Crippen molar-refractivity contribution in [2.24, 2.45) is 0 Å². The predicted octanol–water partition coefficient (Wildman–Crippen LogP) is 3.78. The number of carbonyl (C=O) groups is 3. The summed E-state index contributed by atoms with van der Waals surface area (Å²) in [5, 5.41) is 14.9. The smallest absolute Gasteiger partial charge is 0.262 e. The van der Waals surface area contributed by atoms with Crippen molar-refractivity contribution in [3.8, 4) is 11.5 Å². The number of carbonyl (C=O) groups excluding carboxylic acids is 3. The van der Waals surface area contributed by atoms with Crippen molar-refractivity contribution in [1.29, 1.82) is 0 Å². The minimum atomic E-state index is -0.256. The molecule has 0 bridgehead atoms. The van der Waals surface area contributed by atoms with Crippen molar-refractivity contribution < 1.29 is 24.2 Å². The number of hydrogen-bond acceptors (Lipinski definition) is 5. The van der Waals surface area contributed by atoms with E-state index in [1.54, 1.807) is 42.5 Å². The molecule has 0 atom stereocenters. The van der Waals surface area contributed by atoms with Gasteiger partial charge in [0.2, 0.25) is 0 Å². The number of amides is 3. The van der Waals surface area contributed by atoms with Crippen LogP contribution in [0, 0.1) is 0 Å². The van der Waals surface area contributed by atoms with E-state index in [1.165, 1.54) is 12.1 Å². The van der Waals surface area contributed by atoms with Crippen LogP contribution in [0.15, 0.2) is 66.7 Å². The maximum absolute atomic E-state index is 13.3. The summed E-state index contributed by atoms with van der Waals surface area (Å²) in [5.74, 6) is 0.0526. The van der Waals surface area contributed by atoms with Gasteiger partial charge in [-0.2, -0.15) is 0 Å². The molecule has 1 heterocycles. The molecular weight excluding hydrogens is 434 g/mol. The molecule has 1 aliphatic heterocycles. The molecule has 0 unspecified atom stereocenters. The minimum Gasteiger partial charge on any atom is -0.508 e. The maximum atomic E-state index is 13.3. The fourth-order valence-corrected chi connectivity index (χ4v) is 3.83. The maximum Gasteiger partial charge on any atom is 0.262 e. The molecular formula is C26H23N3O5. The zero-order chi connectivity index (χ0) is 23.7. The number of aromatic hydroxyl groups is 1. The van der Waals surface area contributed by atoms with Gasteiger partial charge in [0, 0.05) is 29.4 Å². The molecule has 0 radical (unpaired) electrons. The average Bonchev–Trinajstić information content (AvgIpc) is 3.69. The Hall–Kier alpha value is -4.33. The molecule has 0 aromatic heterocycles. The fourth-order valence-electron chi connectivity index (χ4n) is 3.83. The van der Waals surface area contributed by atoms with Crippen LogP contribution in [-0.2, 0) is 11.3 Å². The van der Waals surface area contributed by atoms with E-state index in [0.717, 1.165) is 18.4 Å². The van der Waals surface area contributed by atoms with Crippen molar-refractivity contribution in [3.05, 3.63) is 83.4 Å². The molecule has 3 aromatic carbocycles. The highest BCUT2D eigenvalue weighted by molar-refractivity contribution is 6.04. The SMILES string of the molecule is O=C1COc2cc(C(=O)N(Cc3ccc(C(=O)Nc4ccc(O)cc4)cc3)C3CC3)ccc2N1. The Bertz CT molecular complexity index is 1250. The van der Waals surface area contributed by atoms with Gasteiger partial charge in [0.25, 0.3) is 17.7 Å². The average molecular weight is 457 g/mol. The molecule has 0 spiro atoms. The predicted molar refractivity (Wildman–Crippen MR) is 126 cm³/mol. The third-order valence-corrected chi connectivity index (χ3v) is 5.80. The Kier molecular flexibility index (Phi) is 5.63. The Morgan fingerprint density at radius 2 is 1.71 bits per heavy atom. The summed E-state index contributed by atoms with van der Waals surface area (Å²) in [6.07, 6.45) is 1.91. The van der Waals surface area contributed by atoms with Crippen LogP contribution in [0.4, 0.5) is 11.4 Å². The molecule has 3 aromatic rings. The number of hydrogen-bond donors (Lipinski definition) is 3. The van der Waals surface area contributed by atoms with E-state index >= 15 is 0 Å². The van der Waals surface area contributed by atoms with Crippen LogP contribution >= 0.6 is 0 Å². The van der Waals surface area contributed by atoms with E-state index in [2.05, 4.69) is 10.6 Å². The van der Waals surface area contributed by atoms with Gasteiger partial charge in [0.15, 0.2) is 6.61 Å². The molecule has 2 aliphatic rings. The summed E-state index contributed by atoms with van der Waals surface area (Å²) in [7, 11) is 0. The summed E-state index contributed by atoms with van der Waals surface area (Å²) < 4.78 is 5.45. The third-order valence-electron chi connectivity index (χ3n) is 5.80. The van der Waals surface area contributed by atoms with E-state index in [-0.39, 0.29) is 36.1 Å². The van der Waals surface area contributed by atoms with Gasteiger partial charge in [-0.15, -0.1) is 0 Å². The lowest BCUT2D eigenvalue weighted by Gasteiger charge is -2.24. The van der Waals surface area contributed by atoms with Gasteiger partial charge in [-0.25, -0.2) is 0 Å². The van der Waals surface area contributed by atoms with Crippen LogP contribution in [-0.4, -0.2) is 40.4 Å². The first kappa shape index (κ1) is 21.5. The van der Waals surface area contributed by atoms with E-state index in [4.69, 9.17) is 4.74 Å². The van der Waals surface area contributed by atoms with Gasteiger partial charge in [-0.05, 0) is 73.0 Å². The summed E-state index contributed by atoms with van der Waals surface area (Å²) in [6.45, 7) is 0.363. The fraction of sp³-hybridized carbons (Fsp3) is 0.192. The van der Waals surface area contributed by atoms with Gasteiger partial charge < -0.3 is 25.4 Å². The first-order valence-electron chi connectivity index (χ1n) is 11.0. The molecule has 8 heteroatoms. The van der Waals surface area contributed by atoms with Gasteiger partial charge in [-0.1, -0.05) is 12.1 Å². The largest absolute Gasteiger partial charge is 0.508 e. The monoisotopic (exact) mass is 457 g/mol. The number of nitrogens with zero attached hydrogens (tertiary/aromatic N) is 1. The van der Waals surface area contributed by atoms with Crippen molar-refractivity contribution in [1.82, 2.24) is 4.90 Å². The highest BCUT2D eigenvalue weighted by atomic mass is 16.5. The third kappa shape index (κ3) is 4.71. The topological polar surface area (TPSA) is 108 Å². The lowest BCUT2D eigenvalue weighted by Crippen LogP contribution is -2.33. The number of anilines is 2. The molecule has 1 saturated carbocycles. The summed E-state index contributed by atoms with van der Waals surface area (Å²) in [4.78, 5) is 39.1. The van der Waals surface area contributed by atoms with Crippen LogP contribution in [0.3, 0.4) is 0 Å². The van der Waals surface area contributed by atoms with Crippen molar-refractivity contribution in [2.75, 3.05) is 17.2 Å². The Labute approximate surface area is 196 Å². The number of nitrogens with one attached hydrogen (secondary N) is 2. The van der Waals surface area contributed by atoms with Gasteiger partial charge in [-0.3, -0.25) is 14.4 Å². The number of phenolic OH excluding ortho intramolecular Hbond substituents is 1. The summed E-state index contributed by atoms with van der Waals surface area (Å²) >= 11 is 0. The summed E-state index contributed by atoms with van der Waals surface area (Å²) in [6, 6.07) is 18.7. The normalized spacial score (nSPS) is 14.4. The molecule has 0 saturated heterocycles. The quantitative estimate of drug-likeness (QED) is 0.488. The highest BCUT2D eigenvalue weighted by Gasteiger charge is 2.33. The van der Waals surface area contributed by atoms with E-state index in [9.17, 15) is 19.5 Å². The molecule has 5 rings (SSSR count).